The highest BCUT2D eigenvalue weighted by atomic mass is 16.5. The number of benzene rings is 16. The largest absolute Gasteiger partial charge is 0.497 e. The number of methoxy groups -OCH3 is 2. The number of ether oxygens (including phenoxy) is 2. The Balaban J connectivity index is 0.000000123. The zero-order valence-electron chi connectivity index (χ0n) is 77.7. The summed E-state index contributed by atoms with van der Waals surface area (Å²) in [4.78, 5) is 0. The van der Waals surface area contributed by atoms with Crippen LogP contribution in [0.5, 0.6) is 11.5 Å². The third-order valence-corrected chi connectivity index (χ3v) is 24.5. The molecule has 7 aliphatic carbocycles. The van der Waals surface area contributed by atoms with E-state index in [1.165, 1.54) is 139 Å². The molecule has 0 spiro atoms. The van der Waals surface area contributed by atoms with Crippen LogP contribution in [0.3, 0.4) is 0 Å². The van der Waals surface area contributed by atoms with Gasteiger partial charge in [-0.3, -0.25) is 0 Å². The van der Waals surface area contributed by atoms with E-state index in [1.807, 2.05) is 170 Å². The van der Waals surface area contributed by atoms with E-state index in [0.717, 1.165) is 124 Å². The van der Waals surface area contributed by atoms with Crippen LogP contribution in [0.4, 0.5) is 28.4 Å². The molecule has 0 bridgehead atoms. The monoisotopic (exact) mass is 1800 g/mol. The predicted octanol–water partition coefficient (Wildman–Crippen LogP) is 35.3. The molecule has 0 saturated heterocycles. The van der Waals surface area contributed by atoms with Crippen molar-refractivity contribution in [3.63, 3.8) is 0 Å². The van der Waals surface area contributed by atoms with Crippen LogP contribution >= 0.6 is 0 Å². The second kappa shape index (κ2) is 47.3. The van der Waals surface area contributed by atoms with E-state index in [0.29, 0.717) is 0 Å². The number of allylic oxidation sites excluding steroid dienone is 7. The molecule has 0 radical (unpaired) electrons. The van der Waals surface area contributed by atoms with Crippen molar-refractivity contribution < 1.29 is 9.47 Å². The Bertz CT molecular complexity index is 7060. The summed E-state index contributed by atoms with van der Waals surface area (Å²) in [6, 6.07) is 137. The molecule has 0 saturated carbocycles. The fourth-order valence-corrected chi connectivity index (χ4v) is 16.9. The maximum Gasteiger partial charge on any atom is 0.119 e. The lowest BCUT2D eigenvalue weighted by Gasteiger charge is -2.06. The second-order valence-electron chi connectivity index (χ2n) is 34.1. The second-order valence-corrected chi connectivity index (χ2v) is 34.1. The van der Waals surface area contributed by atoms with Gasteiger partial charge in [0.1, 0.15) is 11.5 Å². The first-order valence-electron chi connectivity index (χ1n) is 46.2. The molecule has 16 aromatic rings. The van der Waals surface area contributed by atoms with Gasteiger partial charge in [0.05, 0.1) is 71.1 Å². The number of hydrogen-bond donors (Lipinski definition) is 0. The van der Waals surface area contributed by atoms with Crippen LogP contribution in [0, 0.1) is 34.6 Å². The molecule has 7 aliphatic rings. The zero-order chi connectivity index (χ0) is 93.2. The average Bonchev–Trinajstić information content (AvgIpc) is 1.64. The molecule has 0 fully saturated rings. The number of hydrogen-bond acceptors (Lipinski definition) is 12. The van der Waals surface area contributed by atoms with Crippen LogP contribution < -0.4 is 9.47 Å². The Morgan fingerprint density at radius 1 is 0.203 bits per heavy atom. The molecule has 16 aromatic carbocycles. The molecular formula is C126H114N10O2. The zero-order valence-corrected chi connectivity index (χ0v) is 77.7. The van der Waals surface area contributed by atoms with Crippen molar-refractivity contribution in [1.82, 2.24) is 0 Å². The SMILES string of the molecule is C.C.C1=C(N=Nc2ccccc2)c2ccccc2C1.COc1ccc(N=NC2=C(c3ccc(OC)cc3)Cc3ccccc32)cc1.Cc1ccc(C2=C(N=Nc3ccccc3)c3ccccc3C2)cc1.Cc1ccc(C2=Cc3ccccc3C2)cc1.Cc1ccc(C2=Cc3ccccc3C2)cc1.Cc1ccc(N=NC2=CCc3ccccc32)cc1.Cc1ccc(N=NC2=CCc3ccccc32)cc1. The summed E-state index contributed by atoms with van der Waals surface area (Å²) in [6.07, 6.45) is 17.7. The highest BCUT2D eigenvalue weighted by Crippen LogP contribution is 2.44. The molecule has 0 aliphatic heterocycles. The first-order valence-corrected chi connectivity index (χ1v) is 46.2. The molecule has 0 aromatic heterocycles. The molecule has 23 rings (SSSR count). The molecular weight excluding hydrogens is 1690 g/mol. The van der Waals surface area contributed by atoms with Gasteiger partial charge in [-0.25, -0.2) is 0 Å². The number of aryl methyl sites for hydroxylation is 5. The van der Waals surface area contributed by atoms with Crippen molar-refractivity contribution in [2.24, 2.45) is 51.1 Å². The third-order valence-electron chi connectivity index (χ3n) is 24.5. The van der Waals surface area contributed by atoms with Crippen LogP contribution in [-0.4, -0.2) is 14.2 Å². The molecule has 12 heteroatoms. The van der Waals surface area contributed by atoms with Crippen molar-refractivity contribution in [1.29, 1.82) is 0 Å². The molecule has 680 valence electrons. The molecule has 0 N–H and O–H groups in total. The van der Waals surface area contributed by atoms with Crippen LogP contribution in [0.15, 0.2) is 470 Å². The number of nitrogens with zero attached hydrogens (tertiary/aromatic N) is 10. The molecule has 0 unspecified atom stereocenters. The van der Waals surface area contributed by atoms with Gasteiger partial charge in [-0.15, -0.1) is 10.2 Å². The topological polar surface area (TPSA) is 142 Å². The van der Waals surface area contributed by atoms with E-state index in [-0.39, 0.29) is 14.9 Å². The number of fused-ring (bicyclic) bond motifs is 7. The summed E-state index contributed by atoms with van der Waals surface area (Å²) < 4.78 is 10.5. The Hall–Kier alpha value is -16.7. The summed E-state index contributed by atoms with van der Waals surface area (Å²) in [5.74, 6) is 1.65. The van der Waals surface area contributed by atoms with E-state index in [1.54, 1.807) is 14.2 Å². The predicted molar refractivity (Wildman–Crippen MR) is 575 cm³/mol. The van der Waals surface area contributed by atoms with E-state index in [4.69, 9.17) is 9.47 Å². The Morgan fingerprint density at radius 2 is 0.449 bits per heavy atom. The average molecular weight is 1800 g/mol. The third kappa shape index (κ3) is 25.0. The fraction of sp³-hybridized carbons (Fsp3) is 0.127. The van der Waals surface area contributed by atoms with Gasteiger partial charge in [-0.1, -0.05) is 389 Å². The summed E-state index contributed by atoms with van der Waals surface area (Å²) in [5.41, 5.74) is 44.0. The summed E-state index contributed by atoms with van der Waals surface area (Å²) in [6.45, 7) is 10.5. The quantitative estimate of drug-likeness (QED) is 0.0888. The minimum absolute atomic E-state index is 0. The Labute approximate surface area is 813 Å². The summed E-state index contributed by atoms with van der Waals surface area (Å²) >= 11 is 0. The van der Waals surface area contributed by atoms with Gasteiger partial charge in [0.2, 0.25) is 0 Å². The lowest BCUT2D eigenvalue weighted by molar-refractivity contribution is 0.414. The van der Waals surface area contributed by atoms with Crippen LogP contribution in [0.1, 0.15) is 143 Å². The molecule has 0 atom stereocenters. The molecule has 12 nitrogen and oxygen atoms in total. The van der Waals surface area contributed by atoms with Gasteiger partial charge >= 0.3 is 0 Å². The van der Waals surface area contributed by atoms with Crippen molar-refractivity contribution >= 4 is 91.4 Å². The Morgan fingerprint density at radius 3 is 0.775 bits per heavy atom. The molecule has 0 heterocycles. The number of azo groups is 5. The molecule has 138 heavy (non-hydrogen) atoms. The van der Waals surface area contributed by atoms with Crippen LogP contribution in [-0.2, 0) is 44.9 Å². The summed E-state index contributed by atoms with van der Waals surface area (Å²) in [7, 11) is 3.33. The smallest absolute Gasteiger partial charge is 0.119 e. The number of rotatable bonds is 16. The van der Waals surface area contributed by atoms with Gasteiger partial charge in [0, 0.05) is 40.7 Å². The fourth-order valence-electron chi connectivity index (χ4n) is 16.9. The lowest BCUT2D eigenvalue weighted by Crippen LogP contribution is -1.87. The van der Waals surface area contributed by atoms with Crippen LogP contribution in [0.25, 0.3) is 62.9 Å². The van der Waals surface area contributed by atoms with Crippen molar-refractivity contribution in [2.45, 2.75) is 94.4 Å². The van der Waals surface area contributed by atoms with Crippen molar-refractivity contribution in [3.05, 3.63) is 547 Å². The minimum atomic E-state index is 0. The maximum absolute atomic E-state index is 5.28. The first kappa shape index (κ1) is 95.9. The van der Waals surface area contributed by atoms with Gasteiger partial charge in [0.25, 0.3) is 0 Å². The minimum Gasteiger partial charge on any atom is -0.497 e. The van der Waals surface area contributed by atoms with E-state index in [9.17, 15) is 0 Å². The van der Waals surface area contributed by atoms with E-state index >= 15 is 0 Å². The Kier molecular flexibility index (Phi) is 32.9. The lowest BCUT2D eigenvalue weighted by atomic mass is 10.0. The van der Waals surface area contributed by atoms with Crippen molar-refractivity contribution in [2.75, 3.05) is 14.2 Å². The van der Waals surface area contributed by atoms with Gasteiger partial charge in [-0.2, -0.15) is 40.9 Å². The van der Waals surface area contributed by atoms with Gasteiger partial charge < -0.3 is 9.47 Å². The summed E-state index contributed by atoms with van der Waals surface area (Å²) in [5, 5.41) is 44.0. The van der Waals surface area contributed by atoms with E-state index < -0.39 is 0 Å². The highest BCUT2D eigenvalue weighted by Gasteiger charge is 2.26. The van der Waals surface area contributed by atoms with Crippen molar-refractivity contribution in [3.8, 4) is 11.5 Å². The normalized spacial score (nSPS) is 13.3. The molecule has 0 amide bonds. The van der Waals surface area contributed by atoms with Gasteiger partial charge in [-0.05, 0) is 246 Å². The highest BCUT2D eigenvalue weighted by molar-refractivity contribution is 5.98. The maximum atomic E-state index is 5.28. The standard InChI is InChI=1S/C23H20N2O2.C22H18N2.2C16H14N2.2C16H14.C15H12N2.2CH4/c1-26-19-11-7-16(8-12-19)22-15-17-5-3-4-6-21(17)23(22)25-24-18-9-13-20(27-2)14-10-18;1-16-11-13-17(14-12-16)21-15-18-7-5-6-10-20(18)22(21)24-23-19-8-3-2-4-9-19;2*1-12-6-9-14(10-7-12)17-18-16-11-8-13-4-2-3-5-15(13)16;2*1-12-6-8-13(9-7-12)16-10-14-4-2-3-5-15(14)11-16;1-2-7-13(8-3-1)16-17-15-11-10-12-6-4-5-9-14(12)15;;/h3-14H,15H2,1-2H3;2-14H,15H2,1H3;2*2-7,9-11H,8H2,1H3;2*2-10H,11H2,1H3;1-9,11H,10H2;2*1H4. The van der Waals surface area contributed by atoms with Gasteiger partial charge in [0.15, 0.2) is 0 Å². The first-order chi connectivity index (χ1) is 66.8. The van der Waals surface area contributed by atoms with Crippen LogP contribution in [0.2, 0.25) is 0 Å². The van der Waals surface area contributed by atoms with E-state index in [2.05, 4.69) is 347 Å².